The molecule has 0 saturated carbocycles. The molecule has 2 aromatic rings. The minimum absolute atomic E-state index is 0.104. The van der Waals surface area contributed by atoms with Crippen molar-refractivity contribution in [2.75, 3.05) is 30.0 Å². The van der Waals surface area contributed by atoms with Gasteiger partial charge in [-0.05, 0) is 48.0 Å². The number of hydrogen-bond donors (Lipinski definition) is 0. The van der Waals surface area contributed by atoms with Gasteiger partial charge in [0.2, 0.25) is 0 Å². The summed E-state index contributed by atoms with van der Waals surface area (Å²) in [6.45, 7) is 1.16. The molecule has 130 valence electrons. The van der Waals surface area contributed by atoms with Gasteiger partial charge in [-0.15, -0.1) is 0 Å². The van der Waals surface area contributed by atoms with Gasteiger partial charge in [0.25, 0.3) is 0 Å². The molecule has 6 heteroatoms. The van der Waals surface area contributed by atoms with Crippen molar-refractivity contribution in [2.24, 2.45) is 0 Å². The van der Waals surface area contributed by atoms with E-state index in [9.17, 15) is 9.59 Å². The summed E-state index contributed by atoms with van der Waals surface area (Å²) in [7, 11) is 1.33. The average molecular weight is 347 g/mol. The zero-order valence-corrected chi connectivity index (χ0v) is 14.3. The minimum Gasteiger partial charge on any atom is -0.466 e. The van der Waals surface area contributed by atoms with Gasteiger partial charge >= 0.3 is 12.0 Å². The highest BCUT2D eigenvalue weighted by Gasteiger charge is 2.30. The van der Waals surface area contributed by atoms with E-state index in [1.165, 1.54) is 13.2 Å². The monoisotopic (exact) mass is 347 g/mol. The molecule has 0 aromatic heterocycles. The zero-order valence-electron chi connectivity index (χ0n) is 14.3. The van der Waals surface area contributed by atoms with E-state index in [1.807, 2.05) is 24.3 Å². The van der Waals surface area contributed by atoms with Crippen LogP contribution >= 0.6 is 0 Å². The lowest BCUT2D eigenvalue weighted by Crippen LogP contribution is -2.31. The molecule has 26 heavy (non-hydrogen) atoms. The van der Waals surface area contributed by atoms with E-state index in [0.717, 1.165) is 16.9 Å². The lowest BCUT2D eigenvalue weighted by Gasteiger charge is -2.19. The Bertz CT molecular complexity index is 880. The van der Waals surface area contributed by atoms with E-state index in [2.05, 4.69) is 10.8 Å². The lowest BCUT2D eigenvalue weighted by molar-refractivity contribution is -0.134. The molecule has 0 atom stereocenters. The molecule has 1 fully saturated rings. The van der Waals surface area contributed by atoms with E-state index < -0.39 is 5.97 Å². The first-order valence-corrected chi connectivity index (χ1v) is 8.07. The topological polar surface area (TPSA) is 73.6 Å². The largest absolute Gasteiger partial charge is 0.466 e. The summed E-state index contributed by atoms with van der Waals surface area (Å²) in [5.74, 6) is -0.415. The molecule has 2 amide bonds. The summed E-state index contributed by atoms with van der Waals surface area (Å²) in [6, 6.07) is 16.3. The van der Waals surface area contributed by atoms with Crippen molar-refractivity contribution in [3.05, 3.63) is 65.7 Å². The third-order valence-electron chi connectivity index (χ3n) is 4.13. The van der Waals surface area contributed by atoms with Gasteiger partial charge in [0, 0.05) is 30.5 Å². The SMILES string of the molecule is COC(=O)/C=C/c1ccc(N2CCN(c3ccc(C#N)cc3)C2=O)cc1. The van der Waals surface area contributed by atoms with Crippen molar-refractivity contribution >= 4 is 29.5 Å². The van der Waals surface area contributed by atoms with Crippen LogP contribution in [-0.2, 0) is 9.53 Å². The van der Waals surface area contributed by atoms with Gasteiger partial charge in [-0.25, -0.2) is 9.59 Å². The number of carbonyl (C=O) groups excluding carboxylic acids is 2. The van der Waals surface area contributed by atoms with Crippen LogP contribution in [0.15, 0.2) is 54.6 Å². The van der Waals surface area contributed by atoms with E-state index in [0.29, 0.717) is 18.7 Å². The first-order valence-electron chi connectivity index (χ1n) is 8.07. The van der Waals surface area contributed by atoms with Crippen LogP contribution in [-0.4, -0.2) is 32.2 Å². The number of rotatable bonds is 4. The molecular weight excluding hydrogens is 330 g/mol. The van der Waals surface area contributed by atoms with Crippen molar-refractivity contribution in [1.29, 1.82) is 5.26 Å². The van der Waals surface area contributed by atoms with Crippen LogP contribution in [0.25, 0.3) is 6.08 Å². The third-order valence-corrected chi connectivity index (χ3v) is 4.13. The number of methoxy groups -OCH3 is 1. The Morgan fingerprint density at radius 3 is 2.08 bits per heavy atom. The van der Waals surface area contributed by atoms with Crippen molar-refractivity contribution < 1.29 is 14.3 Å². The molecule has 0 N–H and O–H groups in total. The molecule has 0 radical (unpaired) electrons. The fourth-order valence-corrected chi connectivity index (χ4v) is 2.73. The van der Waals surface area contributed by atoms with E-state index in [4.69, 9.17) is 5.26 Å². The predicted octanol–water partition coefficient (Wildman–Crippen LogP) is 3.19. The van der Waals surface area contributed by atoms with Crippen molar-refractivity contribution in [1.82, 2.24) is 0 Å². The quantitative estimate of drug-likeness (QED) is 0.629. The standard InChI is InChI=1S/C20H17N3O3/c1-26-19(24)11-6-15-2-7-17(8-3-15)22-12-13-23(20(22)25)18-9-4-16(14-21)5-10-18/h2-11H,12-13H2,1H3/b11-6+. The molecule has 6 nitrogen and oxygen atoms in total. The maximum absolute atomic E-state index is 12.7. The van der Waals surface area contributed by atoms with Crippen LogP contribution in [0, 0.1) is 11.3 Å². The number of carbonyl (C=O) groups is 2. The molecule has 3 rings (SSSR count). The van der Waals surface area contributed by atoms with E-state index >= 15 is 0 Å². The van der Waals surface area contributed by atoms with Crippen LogP contribution in [0.4, 0.5) is 16.2 Å². The molecule has 1 heterocycles. The van der Waals surface area contributed by atoms with E-state index in [-0.39, 0.29) is 6.03 Å². The summed E-state index contributed by atoms with van der Waals surface area (Å²) >= 11 is 0. The number of nitrogens with zero attached hydrogens (tertiary/aromatic N) is 3. The second kappa shape index (κ2) is 7.53. The fraction of sp³-hybridized carbons (Fsp3) is 0.150. The molecule has 1 aliphatic rings. The zero-order chi connectivity index (χ0) is 18.5. The van der Waals surface area contributed by atoms with Crippen LogP contribution in [0.1, 0.15) is 11.1 Å². The first kappa shape index (κ1) is 17.2. The number of ether oxygens (including phenoxy) is 1. The van der Waals surface area contributed by atoms with Gasteiger partial charge in [-0.2, -0.15) is 5.26 Å². The molecule has 1 aliphatic heterocycles. The Morgan fingerprint density at radius 1 is 1.04 bits per heavy atom. The van der Waals surface area contributed by atoms with Gasteiger partial charge in [-0.3, -0.25) is 9.80 Å². The summed E-state index contributed by atoms with van der Waals surface area (Å²) < 4.78 is 4.56. The van der Waals surface area contributed by atoms with Gasteiger partial charge < -0.3 is 4.74 Å². The highest BCUT2D eigenvalue weighted by atomic mass is 16.5. The Balaban J connectivity index is 1.72. The number of urea groups is 1. The van der Waals surface area contributed by atoms with Crippen LogP contribution in [0.2, 0.25) is 0 Å². The number of amides is 2. The Hall–Kier alpha value is -3.59. The van der Waals surface area contributed by atoms with Crippen LogP contribution in [0.5, 0.6) is 0 Å². The molecule has 0 aliphatic carbocycles. The molecular formula is C20H17N3O3. The molecule has 1 saturated heterocycles. The Labute approximate surface area is 151 Å². The Kier molecular flexibility index (Phi) is 4.99. The lowest BCUT2D eigenvalue weighted by atomic mass is 10.2. The van der Waals surface area contributed by atoms with Crippen LogP contribution in [0.3, 0.4) is 0 Å². The molecule has 0 unspecified atom stereocenters. The van der Waals surface area contributed by atoms with Gasteiger partial charge in [0.1, 0.15) is 0 Å². The Morgan fingerprint density at radius 2 is 1.58 bits per heavy atom. The molecule has 2 aromatic carbocycles. The second-order valence-corrected chi connectivity index (χ2v) is 5.69. The van der Waals surface area contributed by atoms with Gasteiger partial charge in [0.15, 0.2) is 0 Å². The van der Waals surface area contributed by atoms with Gasteiger partial charge in [-0.1, -0.05) is 12.1 Å². The number of hydrogen-bond acceptors (Lipinski definition) is 4. The minimum atomic E-state index is -0.415. The predicted molar refractivity (Wildman–Crippen MR) is 98.7 cm³/mol. The second-order valence-electron chi connectivity index (χ2n) is 5.69. The summed E-state index contributed by atoms with van der Waals surface area (Å²) in [5, 5.41) is 8.87. The summed E-state index contributed by atoms with van der Waals surface area (Å²) in [5.41, 5.74) is 2.97. The summed E-state index contributed by atoms with van der Waals surface area (Å²) in [6.07, 6.45) is 3.01. The number of benzene rings is 2. The molecule has 0 spiro atoms. The smallest absolute Gasteiger partial charge is 0.330 e. The van der Waals surface area contributed by atoms with Crippen LogP contribution < -0.4 is 9.80 Å². The van der Waals surface area contributed by atoms with E-state index in [1.54, 1.807) is 40.1 Å². The number of anilines is 2. The molecule has 0 bridgehead atoms. The number of nitriles is 1. The van der Waals surface area contributed by atoms with Crippen molar-refractivity contribution in [3.8, 4) is 6.07 Å². The highest BCUT2D eigenvalue weighted by molar-refractivity contribution is 6.06. The highest BCUT2D eigenvalue weighted by Crippen LogP contribution is 2.25. The normalized spacial score (nSPS) is 13.9. The van der Waals surface area contributed by atoms with Crippen molar-refractivity contribution in [3.63, 3.8) is 0 Å². The fourth-order valence-electron chi connectivity index (χ4n) is 2.73. The van der Waals surface area contributed by atoms with Crippen molar-refractivity contribution in [2.45, 2.75) is 0 Å². The summed E-state index contributed by atoms with van der Waals surface area (Å²) in [4.78, 5) is 27.2. The first-order chi connectivity index (χ1) is 12.6. The van der Waals surface area contributed by atoms with Gasteiger partial charge in [0.05, 0.1) is 18.7 Å². The average Bonchev–Trinajstić information content (AvgIpc) is 3.08. The maximum Gasteiger partial charge on any atom is 0.330 e. The third kappa shape index (κ3) is 3.57. The maximum atomic E-state index is 12.7. The number of esters is 1.